The largest absolute Gasteiger partial charge is 0.366 e. The van der Waals surface area contributed by atoms with Crippen molar-refractivity contribution < 1.29 is 9.53 Å². The Balaban J connectivity index is 1.70. The van der Waals surface area contributed by atoms with Gasteiger partial charge in [-0.25, -0.2) is 0 Å². The Hall–Kier alpha value is -0.650. The van der Waals surface area contributed by atoms with Crippen LogP contribution in [0.15, 0.2) is 0 Å². The lowest BCUT2D eigenvalue weighted by molar-refractivity contribution is -0.134. The van der Waals surface area contributed by atoms with E-state index in [-0.39, 0.29) is 12.0 Å². The molecule has 0 aliphatic carbocycles. The maximum Gasteiger partial charge on any atom is 0.250 e. The van der Waals surface area contributed by atoms with Crippen molar-refractivity contribution in [2.75, 3.05) is 39.3 Å². The molecule has 2 unspecified atom stereocenters. The molecule has 2 aliphatic heterocycles. The zero-order chi connectivity index (χ0) is 13.7. The number of piperidine rings is 1. The summed E-state index contributed by atoms with van der Waals surface area (Å²) in [4.78, 5) is 14.4. The van der Waals surface area contributed by atoms with E-state index in [1.165, 1.54) is 12.8 Å². The molecular formula is C14H27N3O2. The summed E-state index contributed by atoms with van der Waals surface area (Å²) in [5.41, 5.74) is 0. The molecule has 0 saturated carbocycles. The average molecular weight is 269 g/mol. The minimum atomic E-state index is -0.318. The quantitative estimate of drug-likeness (QED) is 0.766. The van der Waals surface area contributed by atoms with Gasteiger partial charge in [0.1, 0.15) is 6.10 Å². The summed E-state index contributed by atoms with van der Waals surface area (Å²) in [7, 11) is 0. The monoisotopic (exact) mass is 269 g/mol. The molecule has 0 aromatic carbocycles. The van der Waals surface area contributed by atoms with Crippen LogP contribution in [0.5, 0.6) is 0 Å². The second kappa shape index (κ2) is 7.22. The molecule has 2 heterocycles. The van der Waals surface area contributed by atoms with Crippen LogP contribution in [0.1, 0.15) is 26.7 Å². The Kier molecular flexibility index (Phi) is 5.60. The van der Waals surface area contributed by atoms with Gasteiger partial charge in [0.25, 0.3) is 5.91 Å². The van der Waals surface area contributed by atoms with E-state index in [1.807, 2.05) is 0 Å². The third kappa shape index (κ3) is 4.44. The number of likely N-dealkylation sites (tertiary alicyclic amines) is 1. The molecular weight excluding hydrogens is 242 g/mol. The Labute approximate surface area is 116 Å². The highest BCUT2D eigenvalue weighted by atomic mass is 16.5. The van der Waals surface area contributed by atoms with E-state index in [0.717, 1.165) is 25.6 Å². The van der Waals surface area contributed by atoms with Crippen molar-refractivity contribution in [1.29, 1.82) is 0 Å². The van der Waals surface area contributed by atoms with E-state index in [0.29, 0.717) is 25.7 Å². The maximum absolute atomic E-state index is 12.0. The first-order chi connectivity index (χ1) is 9.16. The van der Waals surface area contributed by atoms with Gasteiger partial charge in [-0.3, -0.25) is 9.69 Å². The van der Waals surface area contributed by atoms with E-state index >= 15 is 0 Å². The predicted molar refractivity (Wildman–Crippen MR) is 75.1 cm³/mol. The standard InChI is InChI=1S/C14H27N3O2/c1-11-4-3-6-17(10-11)12(2)8-16-14(18)13-9-15-5-7-19-13/h11-13,15H,3-10H2,1-2H3,(H,16,18)/t11?,12?,13-/m1/s1. The lowest BCUT2D eigenvalue weighted by Gasteiger charge is -2.35. The van der Waals surface area contributed by atoms with Crippen LogP contribution in [0.4, 0.5) is 0 Å². The molecule has 3 atom stereocenters. The van der Waals surface area contributed by atoms with E-state index in [2.05, 4.69) is 29.4 Å². The number of nitrogens with zero attached hydrogens (tertiary/aromatic N) is 1. The molecule has 2 N–H and O–H groups in total. The highest BCUT2D eigenvalue weighted by molar-refractivity contribution is 5.81. The fourth-order valence-electron chi connectivity index (χ4n) is 2.85. The summed E-state index contributed by atoms with van der Waals surface area (Å²) in [5.74, 6) is 0.793. The highest BCUT2D eigenvalue weighted by Crippen LogP contribution is 2.17. The summed E-state index contributed by atoms with van der Waals surface area (Å²) in [6, 6.07) is 0.406. The Bertz CT molecular complexity index is 292. The summed E-state index contributed by atoms with van der Waals surface area (Å²) in [6.45, 7) is 9.61. The van der Waals surface area contributed by atoms with Gasteiger partial charge in [0.05, 0.1) is 6.61 Å². The van der Waals surface area contributed by atoms with Crippen molar-refractivity contribution in [1.82, 2.24) is 15.5 Å². The van der Waals surface area contributed by atoms with Crippen molar-refractivity contribution in [3.63, 3.8) is 0 Å². The molecule has 1 amide bonds. The summed E-state index contributed by atoms with van der Waals surface area (Å²) >= 11 is 0. The van der Waals surface area contributed by atoms with Crippen molar-refractivity contribution in [3.8, 4) is 0 Å². The number of carbonyl (C=O) groups excluding carboxylic acids is 1. The van der Waals surface area contributed by atoms with Crippen molar-refractivity contribution in [3.05, 3.63) is 0 Å². The second-order valence-electron chi connectivity index (χ2n) is 5.90. The van der Waals surface area contributed by atoms with Gasteiger partial charge >= 0.3 is 0 Å². The topological polar surface area (TPSA) is 53.6 Å². The van der Waals surface area contributed by atoms with Crippen LogP contribution in [0.3, 0.4) is 0 Å². The second-order valence-corrected chi connectivity index (χ2v) is 5.90. The third-order valence-corrected chi connectivity index (χ3v) is 4.10. The summed E-state index contributed by atoms with van der Waals surface area (Å²) < 4.78 is 5.45. The lowest BCUT2D eigenvalue weighted by Crippen LogP contribution is -2.51. The van der Waals surface area contributed by atoms with Gasteiger partial charge in [-0.15, -0.1) is 0 Å². The first kappa shape index (κ1) is 14.8. The normalized spacial score (nSPS) is 30.8. The van der Waals surface area contributed by atoms with Gasteiger partial charge in [0, 0.05) is 32.2 Å². The molecule has 0 bridgehead atoms. The molecule has 2 aliphatic rings. The zero-order valence-corrected chi connectivity index (χ0v) is 12.2. The average Bonchev–Trinajstić information content (AvgIpc) is 2.45. The molecule has 2 fully saturated rings. The molecule has 0 radical (unpaired) electrons. The molecule has 0 aromatic rings. The molecule has 2 saturated heterocycles. The molecule has 0 aromatic heterocycles. The first-order valence-electron chi connectivity index (χ1n) is 7.51. The summed E-state index contributed by atoms with van der Waals surface area (Å²) in [6.07, 6.45) is 2.29. The fraction of sp³-hybridized carbons (Fsp3) is 0.929. The Morgan fingerprint density at radius 2 is 2.42 bits per heavy atom. The molecule has 2 rings (SSSR count). The van der Waals surface area contributed by atoms with Gasteiger partial charge in [-0.05, 0) is 32.2 Å². The van der Waals surface area contributed by atoms with Crippen LogP contribution < -0.4 is 10.6 Å². The third-order valence-electron chi connectivity index (χ3n) is 4.10. The van der Waals surface area contributed by atoms with Gasteiger partial charge in [0.15, 0.2) is 0 Å². The first-order valence-corrected chi connectivity index (χ1v) is 7.51. The molecule has 19 heavy (non-hydrogen) atoms. The number of morpholine rings is 1. The van der Waals surface area contributed by atoms with Crippen LogP contribution in [0, 0.1) is 5.92 Å². The minimum Gasteiger partial charge on any atom is -0.366 e. The van der Waals surface area contributed by atoms with Crippen LogP contribution in [-0.2, 0) is 9.53 Å². The molecule has 5 nitrogen and oxygen atoms in total. The van der Waals surface area contributed by atoms with Crippen LogP contribution in [0.2, 0.25) is 0 Å². The number of rotatable bonds is 4. The molecule has 5 heteroatoms. The molecule has 0 spiro atoms. The van der Waals surface area contributed by atoms with E-state index in [9.17, 15) is 4.79 Å². The van der Waals surface area contributed by atoms with Crippen molar-refractivity contribution in [2.45, 2.75) is 38.8 Å². The number of ether oxygens (including phenoxy) is 1. The number of amides is 1. The summed E-state index contributed by atoms with van der Waals surface area (Å²) in [5, 5.41) is 6.19. The predicted octanol–water partition coefficient (Wildman–Crippen LogP) is 0.211. The minimum absolute atomic E-state index is 0.0177. The lowest BCUT2D eigenvalue weighted by atomic mass is 9.99. The van der Waals surface area contributed by atoms with Gasteiger partial charge in [-0.2, -0.15) is 0 Å². The van der Waals surface area contributed by atoms with E-state index in [1.54, 1.807) is 0 Å². The number of carbonyl (C=O) groups is 1. The fourth-order valence-corrected chi connectivity index (χ4v) is 2.85. The van der Waals surface area contributed by atoms with Gasteiger partial charge < -0.3 is 15.4 Å². The number of hydrogen-bond acceptors (Lipinski definition) is 4. The SMILES string of the molecule is CC1CCCN(C(C)CNC(=O)[C@H]2CNCCO2)C1. The zero-order valence-electron chi connectivity index (χ0n) is 12.2. The van der Waals surface area contributed by atoms with Gasteiger partial charge in [-0.1, -0.05) is 6.92 Å². The van der Waals surface area contributed by atoms with Crippen LogP contribution in [0.25, 0.3) is 0 Å². The van der Waals surface area contributed by atoms with Gasteiger partial charge in [0.2, 0.25) is 0 Å². The maximum atomic E-state index is 12.0. The Morgan fingerprint density at radius 3 is 3.11 bits per heavy atom. The number of nitrogens with one attached hydrogen (secondary N) is 2. The van der Waals surface area contributed by atoms with E-state index in [4.69, 9.17) is 4.74 Å². The Morgan fingerprint density at radius 1 is 1.58 bits per heavy atom. The molecule has 110 valence electrons. The van der Waals surface area contributed by atoms with Crippen molar-refractivity contribution >= 4 is 5.91 Å². The highest BCUT2D eigenvalue weighted by Gasteiger charge is 2.24. The van der Waals surface area contributed by atoms with Crippen molar-refractivity contribution in [2.24, 2.45) is 5.92 Å². The van der Waals surface area contributed by atoms with Crippen LogP contribution >= 0.6 is 0 Å². The smallest absolute Gasteiger partial charge is 0.250 e. The van der Waals surface area contributed by atoms with Crippen LogP contribution in [-0.4, -0.2) is 62.3 Å². The van der Waals surface area contributed by atoms with E-state index < -0.39 is 0 Å². The number of hydrogen-bond donors (Lipinski definition) is 2.